The number of carbonyl (C=O) groups excluding carboxylic acids is 1. The molecule has 1 aromatic carbocycles. The van der Waals surface area contributed by atoms with Crippen LogP contribution in [0.15, 0.2) is 18.2 Å². The molecule has 0 aliphatic carbocycles. The molecule has 2 rings (SSSR count). The minimum absolute atomic E-state index is 0.0897. The van der Waals surface area contributed by atoms with Crippen LogP contribution in [0.2, 0.25) is 10.0 Å². The zero-order valence-electron chi connectivity index (χ0n) is 12.9. The summed E-state index contributed by atoms with van der Waals surface area (Å²) in [7, 11) is 2.09. The molecule has 0 saturated carbocycles. The summed E-state index contributed by atoms with van der Waals surface area (Å²) in [5.74, 6) is 0.354. The summed E-state index contributed by atoms with van der Waals surface area (Å²) in [5.41, 5.74) is 0. The summed E-state index contributed by atoms with van der Waals surface area (Å²) in [5, 5.41) is 4.06. The highest BCUT2D eigenvalue weighted by Gasteiger charge is 2.24. The van der Waals surface area contributed by atoms with E-state index < -0.39 is 6.10 Å². The molecule has 1 amide bonds. The van der Waals surface area contributed by atoms with Gasteiger partial charge >= 0.3 is 0 Å². The van der Waals surface area contributed by atoms with Crippen LogP contribution in [0.25, 0.3) is 0 Å². The van der Waals surface area contributed by atoms with Gasteiger partial charge in [0.2, 0.25) is 0 Å². The molecule has 0 radical (unpaired) electrons. The first-order valence-corrected chi connectivity index (χ1v) is 8.35. The third-order valence-electron chi connectivity index (χ3n) is 3.89. The van der Waals surface area contributed by atoms with Crippen molar-refractivity contribution in [1.82, 2.24) is 10.2 Å². The van der Waals surface area contributed by atoms with Crippen molar-refractivity contribution >= 4 is 29.1 Å². The van der Waals surface area contributed by atoms with Gasteiger partial charge < -0.3 is 15.0 Å². The SMILES string of the molecule is CC[C@@H](Oc1cc(Cl)ccc1Cl)C(=O)NC1CCN(C)CC1. The van der Waals surface area contributed by atoms with Crippen molar-refractivity contribution in [3.8, 4) is 5.75 Å². The molecule has 1 N–H and O–H groups in total. The van der Waals surface area contributed by atoms with E-state index in [-0.39, 0.29) is 11.9 Å². The number of likely N-dealkylation sites (tertiary alicyclic amines) is 1. The fraction of sp³-hybridized carbons (Fsp3) is 0.562. The van der Waals surface area contributed by atoms with Gasteiger partial charge in [0, 0.05) is 17.1 Å². The Balaban J connectivity index is 1.95. The Morgan fingerprint density at radius 2 is 2.09 bits per heavy atom. The van der Waals surface area contributed by atoms with Crippen LogP contribution in [0.3, 0.4) is 0 Å². The highest BCUT2D eigenvalue weighted by Crippen LogP contribution is 2.29. The maximum Gasteiger partial charge on any atom is 0.261 e. The first-order chi connectivity index (χ1) is 10.5. The number of ether oxygens (including phenoxy) is 1. The van der Waals surface area contributed by atoms with Crippen molar-refractivity contribution in [2.75, 3.05) is 20.1 Å². The van der Waals surface area contributed by atoms with Crippen LogP contribution in [-0.4, -0.2) is 43.1 Å². The number of nitrogens with zero attached hydrogens (tertiary/aromatic N) is 1. The van der Waals surface area contributed by atoms with Crippen LogP contribution in [0.4, 0.5) is 0 Å². The van der Waals surface area contributed by atoms with E-state index in [9.17, 15) is 4.79 Å². The van der Waals surface area contributed by atoms with Crippen molar-refractivity contribution in [3.63, 3.8) is 0 Å². The summed E-state index contributed by atoms with van der Waals surface area (Å²) in [4.78, 5) is 14.7. The van der Waals surface area contributed by atoms with E-state index in [1.165, 1.54) is 0 Å². The fourth-order valence-corrected chi connectivity index (χ4v) is 2.81. The van der Waals surface area contributed by atoms with Crippen LogP contribution in [-0.2, 0) is 4.79 Å². The maximum absolute atomic E-state index is 12.4. The number of nitrogens with one attached hydrogen (secondary N) is 1. The predicted molar refractivity (Wildman–Crippen MR) is 89.8 cm³/mol. The van der Waals surface area contributed by atoms with E-state index in [4.69, 9.17) is 27.9 Å². The second-order valence-corrected chi connectivity index (χ2v) is 6.52. The number of carbonyl (C=O) groups is 1. The summed E-state index contributed by atoms with van der Waals surface area (Å²) in [6.07, 6.45) is 1.95. The van der Waals surface area contributed by atoms with Crippen LogP contribution >= 0.6 is 23.2 Å². The minimum atomic E-state index is -0.560. The van der Waals surface area contributed by atoms with E-state index in [0.717, 1.165) is 25.9 Å². The number of halogens is 2. The van der Waals surface area contributed by atoms with E-state index >= 15 is 0 Å². The monoisotopic (exact) mass is 344 g/mol. The molecular formula is C16H22Cl2N2O2. The first kappa shape index (κ1) is 17.4. The van der Waals surface area contributed by atoms with Gasteiger partial charge in [0.1, 0.15) is 5.75 Å². The lowest BCUT2D eigenvalue weighted by molar-refractivity contribution is -0.129. The summed E-state index contributed by atoms with van der Waals surface area (Å²) in [6, 6.07) is 5.21. The lowest BCUT2D eigenvalue weighted by Crippen LogP contribution is -2.47. The quantitative estimate of drug-likeness (QED) is 0.890. The molecule has 1 aliphatic heterocycles. The number of benzene rings is 1. The van der Waals surface area contributed by atoms with Crippen molar-refractivity contribution in [3.05, 3.63) is 28.2 Å². The van der Waals surface area contributed by atoms with Crippen molar-refractivity contribution in [2.24, 2.45) is 0 Å². The molecule has 1 aromatic rings. The van der Waals surface area contributed by atoms with Gasteiger partial charge in [0.05, 0.1) is 5.02 Å². The molecule has 6 heteroatoms. The zero-order chi connectivity index (χ0) is 16.1. The Labute approximate surface area is 141 Å². The smallest absolute Gasteiger partial charge is 0.261 e. The third kappa shape index (κ3) is 4.77. The van der Waals surface area contributed by atoms with Gasteiger partial charge in [-0.3, -0.25) is 4.79 Å². The van der Waals surface area contributed by atoms with Crippen LogP contribution in [0.1, 0.15) is 26.2 Å². The summed E-state index contributed by atoms with van der Waals surface area (Å²) < 4.78 is 5.76. The largest absolute Gasteiger partial charge is 0.479 e. The van der Waals surface area contributed by atoms with Gasteiger partial charge in [-0.05, 0) is 51.5 Å². The van der Waals surface area contributed by atoms with Crippen LogP contribution in [0, 0.1) is 0 Å². The van der Waals surface area contributed by atoms with Crippen LogP contribution in [0.5, 0.6) is 5.75 Å². The highest BCUT2D eigenvalue weighted by molar-refractivity contribution is 6.34. The summed E-state index contributed by atoms with van der Waals surface area (Å²) in [6.45, 7) is 3.92. The minimum Gasteiger partial charge on any atom is -0.479 e. The molecule has 4 nitrogen and oxygen atoms in total. The highest BCUT2D eigenvalue weighted by atomic mass is 35.5. The summed E-state index contributed by atoms with van der Waals surface area (Å²) >= 11 is 12.0. The van der Waals surface area contributed by atoms with Gasteiger partial charge in [0.25, 0.3) is 5.91 Å². The molecular weight excluding hydrogens is 323 g/mol. The van der Waals surface area contributed by atoms with Crippen molar-refractivity contribution in [1.29, 1.82) is 0 Å². The van der Waals surface area contributed by atoms with Gasteiger partial charge in [-0.1, -0.05) is 30.1 Å². The van der Waals surface area contributed by atoms with Crippen LogP contribution < -0.4 is 10.1 Å². The number of rotatable bonds is 5. The molecule has 1 fully saturated rings. The Kier molecular flexibility index (Phi) is 6.36. The topological polar surface area (TPSA) is 41.6 Å². The zero-order valence-corrected chi connectivity index (χ0v) is 14.5. The third-order valence-corrected chi connectivity index (χ3v) is 4.44. The number of hydrogen-bond donors (Lipinski definition) is 1. The molecule has 1 heterocycles. The van der Waals surface area contributed by atoms with Gasteiger partial charge in [-0.15, -0.1) is 0 Å². The fourth-order valence-electron chi connectivity index (χ4n) is 2.49. The number of piperidine rings is 1. The predicted octanol–water partition coefficient (Wildman–Crippen LogP) is 3.36. The molecule has 22 heavy (non-hydrogen) atoms. The van der Waals surface area contributed by atoms with E-state index in [1.807, 2.05) is 6.92 Å². The average Bonchev–Trinajstić information content (AvgIpc) is 2.50. The van der Waals surface area contributed by atoms with Gasteiger partial charge in [0.15, 0.2) is 6.10 Å². The van der Waals surface area contributed by atoms with E-state index in [1.54, 1.807) is 18.2 Å². The van der Waals surface area contributed by atoms with Gasteiger partial charge in [-0.2, -0.15) is 0 Å². The molecule has 0 bridgehead atoms. The molecule has 1 aliphatic rings. The Morgan fingerprint density at radius 1 is 1.41 bits per heavy atom. The second-order valence-electron chi connectivity index (χ2n) is 5.68. The molecule has 1 atom stereocenters. The average molecular weight is 345 g/mol. The lowest BCUT2D eigenvalue weighted by Gasteiger charge is -2.30. The standard InChI is InChI=1S/C16H22Cl2N2O2/c1-3-14(22-15-10-11(17)4-5-13(15)18)16(21)19-12-6-8-20(2)9-7-12/h4-5,10,12,14H,3,6-9H2,1-2H3,(H,19,21)/t14-/m1/s1. The lowest BCUT2D eigenvalue weighted by atomic mass is 10.1. The maximum atomic E-state index is 12.4. The Hall–Kier alpha value is -0.970. The molecule has 0 aromatic heterocycles. The van der Waals surface area contributed by atoms with Crippen molar-refractivity contribution < 1.29 is 9.53 Å². The normalized spacial score (nSPS) is 18.0. The Bertz CT molecular complexity index is 517. The second kappa shape index (κ2) is 8.04. The van der Waals surface area contributed by atoms with E-state index in [2.05, 4.69) is 17.3 Å². The molecule has 0 unspecified atom stereocenters. The Morgan fingerprint density at radius 3 is 2.73 bits per heavy atom. The number of amides is 1. The first-order valence-electron chi connectivity index (χ1n) is 7.60. The van der Waals surface area contributed by atoms with E-state index in [0.29, 0.717) is 22.2 Å². The van der Waals surface area contributed by atoms with Crippen molar-refractivity contribution in [2.45, 2.75) is 38.3 Å². The van der Waals surface area contributed by atoms with Gasteiger partial charge in [-0.25, -0.2) is 0 Å². The molecule has 122 valence electrons. The number of hydrogen-bond acceptors (Lipinski definition) is 3. The molecule has 1 saturated heterocycles. The molecule has 0 spiro atoms.